The van der Waals surface area contributed by atoms with E-state index in [1.54, 1.807) is 0 Å². The Kier molecular flexibility index (Phi) is 12.1. The molecule has 112 valence electrons. The number of nitrogens with zero attached hydrogens (tertiary/aromatic N) is 1. The molecule has 0 unspecified atom stereocenters. The fourth-order valence-corrected chi connectivity index (χ4v) is 2.12. The van der Waals surface area contributed by atoms with E-state index < -0.39 is 0 Å². The Balaban J connectivity index is 3.70. The quantitative estimate of drug-likeness (QED) is 0.299. The first-order valence-electron chi connectivity index (χ1n) is 8.31. The molecule has 19 heavy (non-hydrogen) atoms. The first kappa shape index (κ1) is 18.4. The average Bonchev–Trinajstić information content (AvgIpc) is 2.38. The van der Waals surface area contributed by atoms with Crippen LogP contribution in [-0.2, 0) is 0 Å². The summed E-state index contributed by atoms with van der Waals surface area (Å²) in [7, 11) is 4.48. The van der Waals surface area contributed by atoms with Crippen molar-refractivity contribution in [1.82, 2.24) is 0 Å². The van der Waals surface area contributed by atoms with Crippen molar-refractivity contribution in [1.29, 1.82) is 0 Å². The molecule has 0 rings (SSSR count). The minimum Gasteiger partial charge on any atom is -0.276 e. The van der Waals surface area contributed by atoms with E-state index in [4.69, 9.17) is 0 Å². The first-order valence-corrected chi connectivity index (χ1v) is 8.31. The van der Waals surface area contributed by atoms with Crippen LogP contribution in [0.3, 0.4) is 0 Å². The van der Waals surface area contributed by atoms with Crippen LogP contribution in [0, 0.1) is 0 Å². The molecule has 0 aliphatic rings. The van der Waals surface area contributed by atoms with E-state index >= 15 is 0 Å². The van der Waals surface area contributed by atoms with Crippen LogP contribution >= 0.6 is 0 Å². The highest BCUT2D eigenvalue weighted by Crippen LogP contribution is 2.08. The maximum Gasteiger partial charge on any atom is 0.0959 e. The Morgan fingerprint density at radius 2 is 1.05 bits per heavy atom. The highest BCUT2D eigenvalue weighted by molar-refractivity contribution is 4.80. The third-order valence-electron chi connectivity index (χ3n) is 3.43. The van der Waals surface area contributed by atoms with Crippen molar-refractivity contribution < 1.29 is 4.48 Å². The average molecular weight is 266 g/mol. The van der Waals surface area contributed by atoms with Crippen molar-refractivity contribution >= 4 is 0 Å². The van der Waals surface area contributed by atoms with Gasteiger partial charge in [0.2, 0.25) is 0 Å². The topological polar surface area (TPSA) is 0 Å². The molecule has 0 aliphatic carbocycles. The third kappa shape index (κ3) is 13.7. The Hall–Kier alpha value is -0.560. The van der Waals surface area contributed by atoms with Gasteiger partial charge in [-0.1, -0.05) is 52.4 Å². The van der Waals surface area contributed by atoms with E-state index in [0.717, 1.165) is 4.48 Å². The molecule has 0 fully saturated rings. The molecule has 0 aromatic heterocycles. The zero-order valence-corrected chi connectivity index (χ0v) is 13.8. The number of rotatable bonds is 12. The van der Waals surface area contributed by atoms with Gasteiger partial charge in [0.1, 0.15) is 0 Å². The number of hydrogen-bond acceptors (Lipinski definition) is 0. The van der Waals surface area contributed by atoms with Gasteiger partial charge < -0.3 is 0 Å². The van der Waals surface area contributed by atoms with E-state index in [0.29, 0.717) is 0 Å². The first-order chi connectivity index (χ1) is 9.12. The molecule has 0 spiro atoms. The maximum atomic E-state index is 2.34. The van der Waals surface area contributed by atoms with Crippen LogP contribution in [-0.4, -0.2) is 18.6 Å². The summed E-state index contributed by atoms with van der Waals surface area (Å²) in [4.78, 5) is 0. The fraction of sp³-hybridized carbons (Fsp3) is 0.778. The zero-order chi connectivity index (χ0) is 14.4. The van der Waals surface area contributed by atoms with Gasteiger partial charge >= 0.3 is 0 Å². The highest BCUT2D eigenvalue weighted by Gasteiger charge is 2.04. The minimum absolute atomic E-state index is 0.877. The predicted molar refractivity (Wildman–Crippen MR) is 87.9 cm³/mol. The highest BCUT2D eigenvalue weighted by atomic mass is 15.3. The summed E-state index contributed by atoms with van der Waals surface area (Å²) < 4.78 is 0.877. The molecule has 1 heteroatoms. The molecule has 0 aromatic rings. The van der Waals surface area contributed by atoms with E-state index in [9.17, 15) is 0 Å². The molecule has 0 atom stereocenters. The lowest BCUT2D eigenvalue weighted by Gasteiger charge is -2.19. The molecular formula is C18H36N+. The molecule has 0 saturated heterocycles. The fourth-order valence-electron chi connectivity index (χ4n) is 2.12. The van der Waals surface area contributed by atoms with Gasteiger partial charge in [-0.2, -0.15) is 0 Å². The van der Waals surface area contributed by atoms with Crippen molar-refractivity contribution in [2.45, 2.75) is 78.1 Å². The van der Waals surface area contributed by atoms with Crippen LogP contribution < -0.4 is 0 Å². The summed E-state index contributed by atoms with van der Waals surface area (Å²) in [5.41, 5.74) is 0. The monoisotopic (exact) mass is 266 g/mol. The van der Waals surface area contributed by atoms with Gasteiger partial charge in [0.15, 0.2) is 0 Å². The maximum absolute atomic E-state index is 2.34. The molecule has 0 aromatic carbocycles. The summed E-state index contributed by atoms with van der Waals surface area (Å²) in [6.07, 6.45) is 22.6. The van der Waals surface area contributed by atoms with Gasteiger partial charge in [-0.15, -0.1) is 0 Å². The predicted octanol–water partition coefficient (Wildman–Crippen LogP) is 6.03. The number of quaternary nitrogens is 1. The zero-order valence-electron chi connectivity index (χ0n) is 13.8. The molecule has 0 aliphatic heterocycles. The Morgan fingerprint density at radius 1 is 0.632 bits per heavy atom. The molecule has 0 amide bonds. The van der Waals surface area contributed by atoms with Crippen molar-refractivity contribution in [3.63, 3.8) is 0 Å². The smallest absolute Gasteiger partial charge is 0.0959 e. The lowest BCUT2D eigenvalue weighted by Crippen LogP contribution is -2.25. The van der Waals surface area contributed by atoms with Crippen molar-refractivity contribution in [3.8, 4) is 0 Å². The molecular weight excluding hydrogens is 230 g/mol. The molecule has 0 bridgehead atoms. The Morgan fingerprint density at radius 3 is 1.42 bits per heavy atom. The van der Waals surface area contributed by atoms with Crippen LogP contribution in [0.2, 0.25) is 0 Å². The lowest BCUT2D eigenvalue weighted by molar-refractivity contribution is -0.784. The van der Waals surface area contributed by atoms with Crippen LogP contribution in [0.25, 0.3) is 0 Å². The third-order valence-corrected chi connectivity index (χ3v) is 3.43. The second kappa shape index (κ2) is 12.5. The normalized spacial score (nSPS) is 12.8. The minimum atomic E-state index is 0.877. The standard InChI is InChI=1S/C18H36N/c1-5-7-9-11-13-15-17-19(3,4)18-16-14-12-10-8-6-2/h15-18H,5-14H2,1-4H3/q+1. The van der Waals surface area contributed by atoms with Crippen LogP contribution in [0.5, 0.6) is 0 Å². The van der Waals surface area contributed by atoms with E-state index in [1.165, 1.54) is 64.2 Å². The second-order valence-corrected chi connectivity index (χ2v) is 6.10. The van der Waals surface area contributed by atoms with Crippen LogP contribution in [0.4, 0.5) is 0 Å². The number of hydrogen-bond donors (Lipinski definition) is 0. The summed E-state index contributed by atoms with van der Waals surface area (Å²) >= 11 is 0. The summed E-state index contributed by atoms with van der Waals surface area (Å²) in [6, 6.07) is 0. The van der Waals surface area contributed by atoms with Gasteiger partial charge in [0.05, 0.1) is 26.5 Å². The van der Waals surface area contributed by atoms with Gasteiger partial charge in [-0.3, -0.25) is 4.48 Å². The Labute approximate surface area is 122 Å². The number of allylic oxidation sites excluding steroid dienone is 2. The Bertz CT molecular complexity index is 214. The van der Waals surface area contributed by atoms with E-state index in [2.05, 4.69) is 52.5 Å². The van der Waals surface area contributed by atoms with E-state index in [1.807, 2.05) is 0 Å². The van der Waals surface area contributed by atoms with Gasteiger partial charge in [0, 0.05) is 0 Å². The van der Waals surface area contributed by atoms with Gasteiger partial charge in [0.25, 0.3) is 0 Å². The molecule has 0 saturated carbocycles. The molecule has 0 heterocycles. The largest absolute Gasteiger partial charge is 0.276 e. The summed E-state index contributed by atoms with van der Waals surface area (Å²) in [5, 5.41) is 0. The van der Waals surface area contributed by atoms with Crippen molar-refractivity contribution in [2.75, 3.05) is 14.1 Å². The SMILES string of the molecule is CCCCCCC=C[N+](C)(C)C=CCCCCCC. The summed E-state index contributed by atoms with van der Waals surface area (Å²) in [6.45, 7) is 4.53. The number of unbranched alkanes of at least 4 members (excludes halogenated alkanes) is 8. The molecule has 1 nitrogen and oxygen atoms in total. The van der Waals surface area contributed by atoms with Crippen LogP contribution in [0.1, 0.15) is 78.1 Å². The van der Waals surface area contributed by atoms with Gasteiger partial charge in [-0.25, -0.2) is 0 Å². The molecule has 0 N–H and O–H groups in total. The van der Waals surface area contributed by atoms with Gasteiger partial charge in [-0.05, 0) is 37.8 Å². The van der Waals surface area contributed by atoms with Crippen molar-refractivity contribution in [3.05, 3.63) is 24.6 Å². The lowest BCUT2D eigenvalue weighted by atomic mass is 10.1. The molecule has 0 radical (unpaired) electrons. The van der Waals surface area contributed by atoms with E-state index in [-0.39, 0.29) is 0 Å². The summed E-state index contributed by atoms with van der Waals surface area (Å²) in [5.74, 6) is 0. The van der Waals surface area contributed by atoms with Crippen molar-refractivity contribution in [2.24, 2.45) is 0 Å². The van der Waals surface area contributed by atoms with Crippen LogP contribution in [0.15, 0.2) is 24.6 Å². The second-order valence-electron chi connectivity index (χ2n) is 6.10.